The summed E-state index contributed by atoms with van der Waals surface area (Å²) in [6.45, 7) is 2.51. The average molecular weight is 331 g/mol. The van der Waals surface area contributed by atoms with E-state index < -0.39 is 5.54 Å². The second kappa shape index (κ2) is 8.83. The van der Waals surface area contributed by atoms with Gasteiger partial charge >= 0.3 is 0 Å². The van der Waals surface area contributed by atoms with E-state index in [4.69, 9.17) is 5.73 Å². The summed E-state index contributed by atoms with van der Waals surface area (Å²) in [4.78, 5) is 24.2. The molecule has 0 spiro atoms. The SMILES string of the molecule is CC(N)(C(=O)NCCNC(=O)CC1CCCCC1)c1ccccc1. The van der Waals surface area contributed by atoms with E-state index in [9.17, 15) is 9.59 Å². The molecule has 0 heterocycles. The Kier molecular flexibility index (Phi) is 6.79. The molecule has 0 aromatic heterocycles. The first kappa shape index (κ1) is 18.5. The van der Waals surface area contributed by atoms with Gasteiger partial charge in [-0.05, 0) is 31.2 Å². The van der Waals surface area contributed by atoms with Crippen molar-refractivity contribution < 1.29 is 9.59 Å². The Morgan fingerprint density at radius 1 is 1.08 bits per heavy atom. The molecule has 0 bridgehead atoms. The largest absolute Gasteiger partial charge is 0.354 e. The zero-order valence-electron chi connectivity index (χ0n) is 14.5. The van der Waals surface area contributed by atoms with Crippen molar-refractivity contribution in [2.24, 2.45) is 11.7 Å². The summed E-state index contributed by atoms with van der Waals surface area (Å²) < 4.78 is 0. The maximum atomic E-state index is 12.3. The van der Waals surface area contributed by atoms with Crippen LogP contribution in [0.25, 0.3) is 0 Å². The van der Waals surface area contributed by atoms with Crippen LogP contribution in [0.4, 0.5) is 0 Å². The van der Waals surface area contributed by atoms with Crippen LogP contribution in [-0.4, -0.2) is 24.9 Å². The first-order valence-electron chi connectivity index (χ1n) is 8.89. The minimum atomic E-state index is -1.08. The Bertz CT molecular complexity index is 537. The predicted octanol–water partition coefficient (Wildman–Crippen LogP) is 2.06. The zero-order chi connectivity index (χ0) is 17.4. The maximum absolute atomic E-state index is 12.3. The van der Waals surface area contributed by atoms with Gasteiger partial charge in [0.1, 0.15) is 5.54 Å². The highest BCUT2D eigenvalue weighted by Crippen LogP contribution is 2.26. The Morgan fingerprint density at radius 2 is 1.71 bits per heavy atom. The first-order chi connectivity index (χ1) is 11.5. The van der Waals surface area contributed by atoms with E-state index in [1.807, 2.05) is 30.3 Å². The fourth-order valence-corrected chi connectivity index (χ4v) is 3.20. The Hall–Kier alpha value is -1.88. The molecule has 1 atom stereocenters. The Labute approximate surface area is 144 Å². The van der Waals surface area contributed by atoms with E-state index in [2.05, 4.69) is 10.6 Å². The van der Waals surface area contributed by atoms with Gasteiger partial charge in [-0.2, -0.15) is 0 Å². The van der Waals surface area contributed by atoms with Crippen molar-refractivity contribution in [2.45, 2.75) is 51.0 Å². The van der Waals surface area contributed by atoms with Crippen molar-refractivity contribution in [3.8, 4) is 0 Å². The summed E-state index contributed by atoms with van der Waals surface area (Å²) >= 11 is 0. The first-order valence-corrected chi connectivity index (χ1v) is 8.89. The van der Waals surface area contributed by atoms with E-state index in [-0.39, 0.29) is 11.8 Å². The molecule has 1 aliphatic carbocycles. The van der Waals surface area contributed by atoms with E-state index in [1.54, 1.807) is 6.92 Å². The number of nitrogens with two attached hydrogens (primary N) is 1. The summed E-state index contributed by atoms with van der Waals surface area (Å²) in [6.07, 6.45) is 6.70. The number of hydrogen-bond acceptors (Lipinski definition) is 3. The van der Waals surface area contributed by atoms with Gasteiger partial charge in [0.2, 0.25) is 11.8 Å². The van der Waals surface area contributed by atoms with Crippen LogP contribution in [0.2, 0.25) is 0 Å². The molecule has 1 unspecified atom stereocenters. The molecule has 1 fully saturated rings. The van der Waals surface area contributed by atoms with Crippen molar-refractivity contribution in [1.29, 1.82) is 0 Å². The summed E-state index contributed by atoms with van der Waals surface area (Å²) in [6, 6.07) is 9.29. The highest BCUT2D eigenvalue weighted by molar-refractivity contribution is 5.87. The molecule has 1 saturated carbocycles. The molecule has 4 N–H and O–H groups in total. The average Bonchev–Trinajstić information content (AvgIpc) is 2.60. The predicted molar refractivity (Wildman–Crippen MR) is 95.2 cm³/mol. The van der Waals surface area contributed by atoms with Crippen LogP contribution in [0.1, 0.15) is 51.0 Å². The number of benzene rings is 1. The van der Waals surface area contributed by atoms with Crippen LogP contribution in [0.3, 0.4) is 0 Å². The Morgan fingerprint density at radius 3 is 2.38 bits per heavy atom. The number of hydrogen-bond donors (Lipinski definition) is 3. The van der Waals surface area contributed by atoms with Gasteiger partial charge in [-0.25, -0.2) is 0 Å². The van der Waals surface area contributed by atoms with Gasteiger partial charge < -0.3 is 16.4 Å². The van der Waals surface area contributed by atoms with Crippen molar-refractivity contribution in [1.82, 2.24) is 10.6 Å². The molecule has 2 amide bonds. The second-order valence-corrected chi connectivity index (χ2v) is 6.88. The van der Waals surface area contributed by atoms with Crippen molar-refractivity contribution >= 4 is 11.8 Å². The highest BCUT2D eigenvalue weighted by Gasteiger charge is 2.29. The van der Waals surface area contributed by atoms with E-state index in [1.165, 1.54) is 19.3 Å². The lowest BCUT2D eigenvalue weighted by Crippen LogP contribution is -2.50. The van der Waals surface area contributed by atoms with Crippen molar-refractivity contribution in [2.75, 3.05) is 13.1 Å². The number of amides is 2. The molecule has 0 radical (unpaired) electrons. The molecule has 132 valence electrons. The summed E-state index contributed by atoms with van der Waals surface area (Å²) in [5.41, 5.74) is 5.84. The smallest absolute Gasteiger partial charge is 0.244 e. The summed E-state index contributed by atoms with van der Waals surface area (Å²) in [7, 11) is 0. The van der Waals surface area contributed by atoms with Gasteiger partial charge in [-0.3, -0.25) is 9.59 Å². The third kappa shape index (κ3) is 5.34. The van der Waals surface area contributed by atoms with Gasteiger partial charge in [0.05, 0.1) is 0 Å². The molecule has 0 aliphatic heterocycles. The fourth-order valence-electron chi connectivity index (χ4n) is 3.20. The maximum Gasteiger partial charge on any atom is 0.244 e. The molecular weight excluding hydrogens is 302 g/mol. The summed E-state index contributed by atoms with van der Waals surface area (Å²) in [5.74, 6) is 0.365. The van der Waals surface area contributed by atoms with Gasteiger partial charge in [-0.15, -0.1) is 0 Å². The summed E-state index contributed by atoms with van der Waals surface area (Å²) in [5, 5.41) is 5.68. The number of carbonyl (C=O) groups excluding carboxylic acids is 2. The number of nitrogens with one attached hydrogen (secondary N) is 2. The van der Waals surface area contributed by atoms with Crippen LogP contribution in [0, 0.1) is 5.92 Å². The van der Waals surface area contributed by atoms with Crippen molar-refractivity contribution in [3.05, 3.63) is 35.9 Å². The van der Waals surface area contributed by atoms with Crippen molar-refractivity contribution in [3.63, 3.8) is 0 Å². The van der Waals surface area contributed by atoms with E-state index in [0.717, 1.165) is 18.4 Å². The molecule has 5 nitrogen and oxygen atoms in total. The van der Waals surface area contributed by atoms with Gasteiger partial charge in [0, 0.05) is 19.5 Å². The molecule has 1 aromatic rings. The van der Waals surface area contributed by atoms with Gasteiger partial charge in [-0.1, -0.05) is 49.6 Å². The van der Waals surface area contributed by atoms with Gasteiger partial charge in [0.15, 0.2) is 0 Å². The third-order valence-electron chi connectivity index (χ3n) is 4.78. The number of rotatable bonds is 7. The lowest BCUT2D eigenvalue weighted by Gasteiger charge is -2.24. The minimum absolute atomic E-state index is 0.0784. The molecule has 5 heteroatoms. The highest BCUT2D eigenvalue weighted by atomic mass is 16.2. The monoisotopic (exact) mass is 331 g/mol. The fraction of sp³-hybridized carbons (Fsp3) is 0.579. The second-order valence-electron chi connectivity index (χ2n) is 6.88. The number of carbonyl (C=O) groups is 2. The molecule has 0 saturated heterocycles. The third-order valence-corrected chi connectivity index (χ3v) is 4.78. The molecular formula is C19H29N3O2. The molecule has 24 heavy (non-hydrogen) atoms. The lowest BCUT2D eigenvalue weighted by atomic mass is 9.87. The molecule has 1 aliphatic rings. The van der Waals surface area contributed by atoms with E-state index >= 15 is 0 Å². The van der Waals surface area contributed by atoms with Crippen LogP contribution in [0.5, 0.6) is 0 Å². The topological polar surface area (TPSA) is 84.2 Å². The Balaban J connectivity index is 1.68. The standard InChI is InChI=1S/C19H29N3O2/c1-19(20,16-10-6-3-7-11-16)18(24)22-13-12-21-17(23)14-15-8-4-2-5-9-15/h3,6-7,10-11,15H,2,4-5,8-9,12-14,20H2,1H3,(H,21,23)(H,22,24). The van der Waals surface area contributed by atoms with E-state index in [0.29, 0.717) is 25.4 Å². The normalized spacial score (nSPS) is 17.8. The minimum Gasteiger partial charge on any atom is -0.354 e. The van der Waals surface area contributed by atoms with Crippen LogP contribution in [-0.2, 0) is 15.1 Å². The van der Waals surface area contributed by atoms with Crippen LogP contribution < -0.4 is 16.4 Å². The van der Waals surface area contributed by atoms with Crippen LogP contribution >= 0.6 is 0 Å². The lowest BCUT2D eigenvalue weighted by molar-refractivity contribution is -0.126. The van der Waals surface area contributed by atoms with Crippen LogP contribution in [0.15, 0.2) is 30.3 Å². The van der Waals surface area contributed by atoms with Gasteiger partial charge in [0.25, 0.3) is 0 Å². The quantitative estimate of drug-likeness (QED) is 0.669. The zero-order valence-corrected chi connectivity index (χ0v) is 14.5. The molecule has 2 rings (SSSR count). The molecule has 1 aromatic carbocycles.